The van der Waals surface area contributed by atoms with E-state index in [9.17, 15) is 8.42 Å². The van der Waals surface area contributed by atoms with Crippen molar-refractivity contribution in [3.8, 4) is 0 Å². The van der Waals surface area contributed by atoms with Crippen molar-refractivity contribution in [2.75, 3.05) is 5.75 Å². The van der Waals surface area contributed by atoms with Crippen LogP contribution in [0.2, 0.25) is 0 Å². The lowest BCUT2D eigenvalue weighted by atomic mass is 9.80. The molecule has 1 saturated heterocycles. The Morgan fingerprint density at radius 2 is 1.86 bits per heavy atom. The summed E-state index contributed by atoms with van der Waals surface area (Å²) in [6.07, 6.45) is 2.44. The first-order valence-electron chi connectivity index (χ1n) is 5.42. The third kappa shape index (κ3) is 0.936. The second-order valence-corrected chi connectivity index (χ2v) is 7.50. The van der Waals surface area contributed by atoms with Gasteiger partial charge in [0.05, 0.1) is 5.75 Å². The predicted octanol–water partition coefficient (Wildman–Crippen LogP) is 0.970. The molecule has 80 valence electrons. The van der Waals surface area contributed by atoms with Crippen molar-refractivity contribution in [1.29, 1.82) is 0 Å². The molecule has 14 heavy (non-hydrogen) atoms. The molecule has 3 rings (SSSR count). The molecule has 0 amide bonds. The summed E-state index contributed by atoms with van der Waals surface area (Å²) < 4.78 is 25.8. The van der Waals surface area contributed by atoms with Crippen LogP contribution in [-0.2, 0) is 10.0 Å². The summed E-state index contributed by atoms with van der Waals surface area (Å²) in [6, 6.07) is 0.258. The van der Waals surface area contributed by atoms with Gasteiger partial charge in [0.1, 0.15) is 0 Å². The van der Waals surface area contributed by atoms with Crippen molar-refractivity contribution in [2.45, 2.75) is 32.7 Å². The normalized spacial score (nSPS) is 52.1. The number of hydrogen-bond acceptors (Lipinski definition) is 2. The zero-order chi connectivity index (χ0) is 10.1. The van der Waals surface area contributed by atoms with Gasteiger partial charge < -0.3 is 0 Å². The van der Waals surface area contributed by atoms with E-state index in [1.807, 2.05) is 0 Å². The third-order valence-corrected chi connectivity index (χ3v) is 6.29. The number of fused-ring (bicyclic) bond motifs is 5. The van der Waals surface area contributed by atoms with Crippen LogP contribution in [-0.4, -0.2) is 20.2 Å². The van der Waals surface area contributed by atoms with E-state index in [1.54, 1.807) is 0 Å². The molecular weight excluding hydrogens is 198 g/mol. The first kappa shape index (κ1) is 9.16. The summed E-state index contributed by atoms with van der Waals surface area (Å²) in [7, 11) is -2.93. The second kappa shape index (κ2) is 2.35. The summed E-state index contributed by atoms with van der Waals surface area (Å²) in [6.45, 7) is 4.61. The van der Waals surface area contributed by atoms with Crippen LogP contribution in [0.25, 0.3) is 0 Å². The third-order valence-electron chi connectivity index (χ3n) is 4.84. The Bertz CT molecular complexity index is 346. The summed E-state index contributed by atoms with van der Waals surface area (Å²) in [5.74, 6) is 1.98. The Hall–Kier alpha value is -0.0900. The fourth-order valence-electron chi connectivity index (χ4n) is 4.23. The molecule has 2 aliphatic carbocycles. The minimum Gasteiger partial charge on any atom is -0.212 e. The first-order chi connectivity index (χ1) is 6.42. The summed E-state index contributed by atoms with van der Waals surface area (Å²) in [4.78, 5) is 0. The topological polar surface area (TPSA) is 46.2 Å². The van der Waals surface area contributed by atoms with Crippen molar-refractivity contribution in [3.05, 3.63) is 0 Å². The van der Waals surface area contributed by atoms with E-state index in [1.165, 1.54) is 12.8 Å². The minimum absolute atomic E-state index is 0.258. The van der Waals surface area contributed by atoms with Crippen molar-refractivity contribution in [3.63, 3.8) is 0 Å². The largest absolute Gasteiger partial charge is 0.212 e. The maximum atomic E-state index is 11.5. The Kier molecular flexibility index (Phi) is 1.54. The van der Waals surface area contributed by atoms with Gasteiger partial charge in [0, 0.05) is 6.04 Å². The molecule has 0 unspecified atom stereocenters. The van der Waals surface area contributed by atoms with Crippen molar-refractivity contribution in [1.82, 2.24) is 4.72 Å². The molecule has 0 radical (unpaired) electrons. The average Bonchev–Trinajstić information content (AvgIpc) is 2.54. The van der Waals surface area contributed by atoms with Gasteiger partial charge in [-0.1, -0.05) is 13.8 Å². The van der Waals surface area contributed by atoms with Gasteiger partial charge in [0.25, 0.3) is 0 Å². The molecule has 3 nitrogen and oxygen atoms in total. The molecule has 3 aliphatic rings. The highest BCUT2D eigenvalue weighted by atomic mass is 32.2. The molecule has 3 fully saturated rings. The Balaban J connectivity index is 2.01. The van der Waals surface area contributed by atoms with Crippen LogP contribution in [0, 0.1) is 23.2 Å². The molecule has 4 heteroatoms. The van der Waals surface area contributed by atoms with E-state index in [-0.39, 0.29) is 6.04 Å². The fourth-order valence-corrected chi connectivity index (χ4v) is 6.03. The van der Waals surface area contributed by atoms with Gasteiger partial charge in [0.2, 0.25) is 10.0 Å². The predicted molar refractivity (Wildman–Crippen MR) is 54.2 cm³/mol. The summed E-state index contributed by atoms with van der Waals surface area (Å²) in [5.41, 5.74) is 0.359. The molecule has 4 atom stereocenters. The van der Waals surface area contributed by atoms with E-state index in [2.05, 4.69) is 18.6 Å². The van der Waals surface area contributed by atoms with Gasteiger partial charge in [-0.25, -0.2) is 13.1 Å². The van der Waals surface area contributed by atoms with Gasteiger partial charge >= 0.3 is 0 Å². The molecule has 0 aromatic carbocycles. The van der Waals surface area contributed by atoms with Crippen LogP contribution < -0.4 is 4.72 Å². The Labute approximate surface area is 85.3 Å². The molecule has 1 heterocycles. The first-order valence-corrected chi connectivity index (χ1v) is 7.07. The number of nitrogens with one attached hydrogen (secondary N) is 1. The molecule has 0 spiro atoms. The number of sulfonamides is 1. The molecule has 0 aromatic heterocycles. The number of rotatable bonds is 0. The maximum absolute atomic E-state index is 11.5. The van der Waals surface area contributed by atoms with Gasteiger partial charge in [-0.2, -0.15) is 0 Å². The van der Waals surface area contributed by atoms with E-state index in [0.29, 0.717) is 28.9 Å². The zero-order valence-electron chi connectivity index (χ0n) is 8.66. The smallest absolute Gasteiger partial charge is 0.212 e. The standard InChI is InChI=1S/C10H17NO2S/c1-10(2)7-3-4-8(10)9-6(7)5-14(12,13)11-9/h6-9,11H,3-5H2,1-2H3/t6-,7+,8-,9-/m0/s1. The second-order valence-electron chi connectivity index (χ2n) is 5.70. The number of hydrogen-bond donors (Lipinski definition) is 1. The molecule has 1 N–H and O–H groups in total. The van der Waals surface area contributed by atoms with Crippen molar-refractivity contribution >= 4 is 10.0 Å². The zero-order valence-corrected chi connectivity index (χ0v) is 9.47. The highest BCUT2D eigenvalue weighted by Gasteiger charge is 2.62. The van der Waals surface area contributed by atoms with Crippen molar-refractivity contribution < 1.29 is 8.42 Å². The lowest BCUT2D eigenvalue weighted by Crippen LogP contribution is -2.35. The van der Waals surface area contributed by atoms with Crippen molar-refractivity contribution in [2.24, 2.45) is 23.2 Å². The van der Waals surface area contributed by atoms with Gasteiger partial charge in [-0.3, -0.25) is 0 Å². The maximum Gasteiger partial charge on any atom is 0.212 e. The molecule has 0 aromatic rings. The van der Waals surface area contributed by atoms with Crippen LogP contribution in [0.1, 0.15) is 26.7 Å². The summed E-state index contributed by atoms with van der Waals surface area (Å²) in [5, 5.41) is 0. The quantitative estimate of drug-likeness (QED) is 0.654. The Morgan fingerprint density at radius 1 is 1.21 bits per heavy atom. The van der Waals surface area contributed by atoms with E-state index in [4.69, 9.17) is 0 Å². The minimum atomic E-state index is -2.93. The average molecular weight is 215 g/mol. The van der Waals surface area contributed by atoms with Crippen LogP contribution in [0.3, 0.4) is 0 Å². The fraction of sp³-hybridized carbons (Fsp3) is 1.00. The van der Waals surface area contributed by atoms with Crippen LogP contribution in [0.15, 0.2) is 0 Å². The van der Waals surface area contributed by atoms with Crippen LogP contribution in [0.4, 0.5) is 0 Å². The highest BCUT2D eigenvalue weighted by molar-refractivity contribution is 7.89. The molecule has 1 aliphatic heterocycles. The van der Waals surface area contributed by atoms with Gasteiger partial charge in [0.15, 0.2) is 0 Å². The molecule has 2 bridgehead atoms. The van der Waals surface area contributed by atoms with E-state index < -0.39 is 10.0 Å². The van der Waals surface area contributed by atoms with Gasteiger partial charge in [-0.15, -0.1) is 0 Å². The van der Waals surface area contributed by atoms with Crippen LogP contribution in [0.5, 0.6) is 0 Å². The van der Waals surface area contributed by atoms with E-state index >= 15 is 0 Å². The van der Waals surface area contributed by atoms with Crippen LogP contribution >= 0.6 is 0 Å². The van der Waals surface area contributed by atoms with Gasteiger partial charge in [-0.05, 0) is 36.0 Å². The monoisotopic (exact) mass is 215 g/mol. The lowest BCUT2D eigenvalue weighted by molar-refractivity contribution is 0.240. The highest BCUT2D eigenvalue weighted by Crippen LogP contribution is 2.61. The molecular formula is C10H17NO2S. The SMILES string of the molecule is CC1(C)[C@@H]2CC[C@H]1[C@H]1NS(=O)(=O)C[C@H]12. The lowest BCUT2D eigenvalue weighted by Gasteiger charge is -2.26. The van der Waals surface area contributed by atoms with E-state index in [0.717, 1.165) is 0 Å². The molecule has 2 saturated carbocycles. The Morgan fingerprint density at radius 3 is 2.50 bits per heavy atom. The summed E-state index contributed by atoms with van der Waals surface area (Å²) >= 11 is 0.